The Morgan fingerprint density at radius 2 is 1.65 bits per heavy atom. The monoisotopic (exact) mass is 260 g/mol. The molecule has 0 aromatic rings. The molecular weight excluding hydrogens is 240 g/mol. The number of hydrogen-bond donors (Lipinski definition) is 2. The molecule has 3 rings (SSSR count). The largest absolute Gasteiger partial charge is 0.396 e. The Labute approximate surface area is 102 Å². The van der Waals surface area contributed by atoms with Crippen molar-refractivity contribution in [2.24, 2.45) is 5.41 Å². The van der Waals surface area contributed by atoms with Crippen molar-refractivity contribution in [3.8, 4) is 0 Å². The van der Waals surface area contributed by atoms with Gasteiger partial charge in [-0.1, -0.05) is 6.42 Å². The van der Waals surface area contributed by atoms with Gasteiger partial charge in [0.25, 0.3) is 0 Å². The number of rotatable bonds is 2. The van der Waals surface area contributed by atoms with Crippen LogP contribution in [-0.2, 0) is 9.84 Å². The summed E-state index contributed by atoms with van der Waals surface area (Å²) in [6.45, 7) is -0.0109. The van der Waals surface area contributed by atoms with Crippen molar-refractivity contribution in [2.45, 2.75) is 61.0 Å². The molecule has 17 heavy (non-hydrogen) atoms. The molecule has 1 aliphatic carbocycles. The highest BCUT2D eigenvalue weighted by molar-refractivity contribution is 7.93. The van der Waals surface area contributed by atoms with Crippen molar-refractivity contribution in [2.75, 3.05) is 6.61 Å². The number of aliphatic hydroxyl groups excluding tert-OH is 1. The van der Waals surface area contributed by atoms with Gasteiger partial charge in [0.05, 0.1) is 22.7 Å². The third-order valence-corrected chi connectivity index (χ3v) is 8.13. The van der Waals surface area contributed by atoms with Gasteiger partial charge in [0, 0.05) is 5.41 Å². The van der Waals surface area contributed by atoms with E-state index in [0.29, 0.717) is 25.7 Å². The summed E-state index contributed by atoms with van der Waals surface area (Å²) in [5.74, 6) is 0. The molecule has 2 saturated heterocycles. The van der Waals surface area contributed by atoms with Crippen LogP contribution in [0.15, 0.2) is 0 Å². The van der Waals surface area contributed by atoms with Crippen LogP contribution in [0.4, 0.5) is 0 Å². The zero-order chi connectivity index (χ0) is 12.3. The molecule has 2 N–H and O–H groups in total. The third kappa shape index (κ3) is 1.39. The summed E-state index contributed by atoms with van der Waals surface area (Å²) in [5.41, 5.74) is -1.36. The molecule has 98 valence electrons. The predicted molar refractivity (Wildman–Crippen MR) is 63.3 cm³/mol. The minimum absolute atomic E-state index is 0.0109. The van der Waals surface area contributed by atoms with Crippen LogP contribution in [-0.4, -0.2) is 41.3 Å². The molecule has 0 amide bonds. The van der Waals surface area contributed by atoms with Crippen LogP contribution >= 0.6 is 0 Å². The molecule has 4 nitrogen and oxygen atoms in total. The molecule has 3 fully saturated rings. The first-order chi connectivity index (χ1) is 7.94. The average molecular weight is 260 g/mol. The van der Waals surface area contributed by atoms with Gasteiger partial charge in [0.15, 0.2) is 9.84 Å². The maximum atomic E-state index is 12.0. The quantitative estimate of drug-likeness (QED) is 0.763. The Kier molecular flexibility index (Phi) is 2.42. The molecule has 2 heterocycles. The van der Waals surface area contributed by atoms with Crippen molar-refractivity contribution < 1.29 is 18.6 Å². The van der Waals surface area contributed by atoms with Gasteiger partial charge >= 0.3 is 0 Å². The lowest BCUT2D eigenvalue weighted by Crippen LogP contribution is -2.60. The van der Waals surface area contributed by atoms with E-state index >= 15 is 0 Å². The van der Waals surface area contributed by atoms with Crippen LogP contribution in [0.25, 0.3) is 0 Å². The average Bonchev–Trinajstić information content (AvgIpc) is 2.38. The van der Waals surface area contributed by atoms with Crippen LogP contribution in [0.3, 0.4) is 0 Å². The summed E-state index contributed by atoms with van der Waals surface area (Å²) in [5, 5.41) is 19.7. The normalized spacial score (nSPS) is 46.5. The summed E-state index contributed by atoms with van der Waals surface area (Å²) in [7, 11) is -2.99. The van der Waals surface area contributed by atoms with E-state index in [1.165, 1.54) is 0 Å². The lowest BCUT2D eigenvalue weighted by molar-refractivity contribution is -0.159. The lowest BCUT2D eigenvalue weighted by Gasteiger charge is -2.55. The molecule has 3 aliphatic rings. The maximum Gasteiger partial charge on any atom is 0.156 e. The van der Waals surface area contributed by atoms with E-state index < -0.39 is 20.9 Å². The van der Waals surface area contributed by atoms with E-state index in [2.05, 4.69) is 0 Å². The van der Waals surface area contributed by atoms with Gasteiger partial charge in [-0.25, -0.2) is 8.42 Å². The van der Waals surface area contributed by atoms with Crippen molar-refractivity contribution in [3.05, 3.63) is 0 Å². The molecule has 0 radical (unpaired) electrons. The zero-order valence-corrected chi connectivity index (χ0v) is 10.7. The summed E-state index contributed by atoms with van der Waals surface area (Å²) in [6, 6.07) is 0. The minimum Gasteiger partial charge on any atom is -0.396 e. The Morgan fingerprint density at radius 3 is 2.00 bits per heavy atom. The van der Waals surface area contributed by atoms with Crippen molar-refractivity contribution in [3.63, 3.8) is 0 Å². The Hall–Kier alpha value is -0.130. The summed E-state index contributed by atoms with van der Waals surface area (Å²) < 4.78 is 24.0. The molecule has 2 bridgehead atoms. The molecule has 5 heteroatoms. The molecular formula is C12H20O4S. The summed E-state index contributed by atoms with van der Waals surface area (Å²) >= 11 is 0. The molecule has 2 aliphatic heterocycles. The van der Waals surface area contributed by atoms with Gasteiger partial charge in [-0.15, -0.1) is 0 Å². The van der Waals surface area contributed by atoms with Gasteiger partial charge < -0.3 is 10.2 Å². The standard InChI is InChI=1S/C12H20O4S/c13-8-11(4-1-5-11)12(14)6-9-2-3-10(7-12)17(9,15)16/h9-10,13-14H,1-8H2. The van der Waals surface area contributed by atoms with Gasteiger partial charge in [-0.3, -0.25) is 0 Å². The Bertz CT molecular complexity index is 398. The molecule has 2 atom stereocenters. The van der Waals surface area contributed by atoms with Gasteiger partial charge in [0.2, 0.25) is 0 Å². The fourth-order valence-electron chi connectivity index (χ4n) is 4.05. The second kappa shape index (κ2) is 3.45. The summed E-state index contributed by atoms with van der Waals surface area (Å²) in [6.07, 6.45) is 4.76. The topological polar surface area (TPSA) is 74.6 Å². The van der Waals surface area contributed by atoms with E-state index in [-0.39, 0.29) is 17.1 Å². The van der Waals surface area contributed by atoms with Crippen LogP contribution in [0, 0.1) is 5.41 Å². The number of hydrogen-bond acceptors (Lipinski definition) is 4. The lowest BCUT2D eigenvalue weighted by atomic mass is 9.56. The van der Waals surface area contributed by atoms with Gasteiger partial charge in [-0.05, 0) is 38.5 Å². The Morgan fingerprint density at radius 1 is 1.12 bits per heavy atom. The van der Waals surface area contributed by atoms with Crippen LogP contribution in [0.5, 0.6) is 0 Å². The number of sulfone groups is 1. The fraction of sp³-hybridized carbons (Fsp3) is 1.00. The van der Waals surface area contributed by atoms with E-state index in [1.54, 1.807) is 0 Å². The second-order valence-electron chi connectivity index (χ2n) is 6.14. The molecule has 2 unspecified atom stereocenters. The number of fused-ring (bicyclic) bond motifs is 2. The zero-order valence-electron chi connectivity index (χ0n) is 9.93. The minimum atomic E-state index is -2.99. The van der Waals surface area contributed by atoms with Crippen LogP contribution in [0.1, 0.15) is 44.9 Å². The highest BCUT2D eigenvalue weighted by Gasteiger charge is 2.61. The van der Waals surface area contributed by atoms with Crippen molar-refractivity contribution >= 4 is 9.84 Å². The van der Waals surface area contributed by atoms with E-state index in [9.17, 15) is 18.6 Å². The van der Waals surface area contributed by atoms with Crippen LogP contribution < -0.4 is 0 Å². The maximum absolute atomic E-state index is 12.0. The summed E-state index contributed by atoms with van der Waals surface area (Å²) in [4.78, 5) is 0. The first kappa shape index (κ1) is 11.9. The van der Waals surface area contributed by atoms with Crippen LogP contribution in [0.2, 0.25) is 0 Å². The highest BCUT2D eigenvalue weighted by atomic mass is 32.2. The molecule has 1 saturated carbocycles. The number of aliphatic hydroxyl groups is 2. The molecule has 0 spiro atoms. The first-order valence-corrected chi connectivity index (χ1v) is 8.10. The van der Waals surface area contributed by atoms with Crippen molar-refractivity contribution in [1.29, 1.82) is 0 Å². The Balaban J connectivity index is 1.93. The van der Waals surface area contributed by atoms with E-state index in [0.717, 1.165) is 19.3 Å². The SMILES string of the molecule is O=S1(=O)C2CCC1CC(O)(C1(CO)CCC1)C2. The fourth-order valence-corrected chi connectivity index (χ4v) is 6.54. The predicted octanol–water partition coefficient (Wildman–Crippen LogP) is 0.620. The van der Waals surface area contributed by atoms with E-state index in [4.69, 9.17) is 0 Å². The van der Waals surface area contributed by atoms with Gasteiger partial charge in [-0.2, -0.15) is 0 Å². The third-order valence-electron chi connectivity index (χ3n) is 5.47. The van der Waals surface area contributed by atoms with Crippen molar-refractivity contribution in [1.82, 2.24) is 0 Å². The first-order valence-electron chi connectivity index (χ1n) is 6.50. The van der Waals surface area contributed by atoms with Gasteiger partial charge in [0.1, 0.15) is 0 Å². The van der Waals surface area contributed by atoms with E-state index in [1.807, 2.05) is 0 Å². The molecule has 0 aromatic carbocycles. The highest BCUT2D eigenvalue weighted by Crippen LogP contribution is 2.57. The second-order valence-corrected chi connectivity index (χ2v) is 8.65. The molecule has 0 aromatic heterocycles. The smallest absolute Gasteiger partial charge is 0.156 e.